The number of aromatic nitrogens is 2. The van der Waals surface area contributed by atoms with Crippen molar-refractivity contribution in [1.82, 2.24) is 9.78 Å². The van der Waals surface area contributed by atoms with Gasteiger partial charge in [-0.05, 0) is 69.3 Å². The maximum Gasteiger partial charge on any atom is 0.339 e. The van der Waals surface area contributed by atoms with Crippen LogP contribution in [-0.4, -0.2) is 32.9 Å². The number of hydrogen-bond acceptors (Lipinski definition) is 8. The van der Waals surface area contributed by atoms with Crippen LogP contribution in [0.5, 0.6) is 5.88 Å². The molecular formula is C29H23ClN4O6. The highest BCUT2D eigenvalue weighted by Gasteiger charge is 2.38. The molecule has 1 unspecified atom stereocenters. The van der Waals surface area contributed by atoms with Crippen LogP contribution in [-0.2, 0) is 4.74 Å². The number of halogens is 1. The predicted molar refractivity (Wildman–Crippen MR) is 144 cm³/mol. The minimum absolute atomic E-state index is 0.0725. The summed E-state index contributed by atoms with van der Waals surface area (Å²) in [5.41, 5.74) is 8.68. The molecule has 2 aromatic carbocycles. The molecule has 1 aliphatic rings. The number of benzene rings is 2. The van der Waals surface area contributed by atoms with Gasteiger partial charge in [0.15, 0.2) is 0 Å². The Bertz CT molecular complexity index is 1740. The number of nitrogens with zero attached hydrogens (tertiary/aromatic N) is 3. The summed E-state index contributed by atoms with van der Waals surface area (Å²) in [4.78, 5) is 24.1. The van der Waals surface area contributed by atoms with Gasteiger partial charge < -0.3 is 24.7 Å². The lowest BCUT2D eigenvalue weighted by atomic mass is 9.88. The number of allylic oxidation sites excluding steroid dienone is 1. The van der Waals surface area contributed by atoms with Crippen LogP contribution in [0.15, 0.2) is 70.5 Å². The minimum Gasteiger partial charge on any atom is -0.478 e. The number of esters is 1. The summed E-state index contributed by atoms with van der Waals surface area (Å²) in [7, 11) is 0. The second-order valence-corrected chi connectivity index (χ2v) is 9.75. The quantitative estimate of drug-likeness (QED) is 0.289. The third-order valence-electron chi connectivity index (χ3n) is 6.29. The Morgan fingerprint density at radius 3 is 2.67 bits per heavy atom. The molecule has 0 saturated carbocycles. The largest absolute Gasteiger partial charge is 0.478 e. The summed E-state index contributed by atoms with van der Waals surface area (Å²) in [5.74, 6) is -1.47. The number of nitrogens with two attached hydrogens (primary N) is 1. The highest BCUT2D eigenvalue weighted by Crippen LogP contribution is 2.45. The summed E-state index contributed by atoms with van der Waals surface area (Å²) in [6.45, 7) is 5.24. The number of aryl methyl sites for hydroxylation is 1. The van der Waals surface area contributed by atoms with E-state index in [9.17, 15) is 20.0 Å². The van der Waals surface area contributed by atoms with Gasteiger partial charge in [0.1, 0.15) is 23.2 Å². The number of fused-ring (bicyclic) bond motifs is 1. The Hall–Kier alpha value is -5.01. The Balaban J connectivity index is 1.59. The third-order valence-corrected chi connectivity index (χ3v) is 6.62. The number of nitriles is 1. The lowest BCUT2D eigenvalue weighted by Gasteiger charge is -2.23. The summed E-state index contributed by atoms with van der Waals surface area (Å²) in [5, 5.41) is 24.2. The van der Waals surface area contributed by atoms with E-state index in [2.05, 4.69) is 11.2 Å². The van der Waals surface area contributed by atoms with Gasteiger partial charge >= 0.3 is 11.9 Å². The lowest BCUT2D eigenvalue weighted by molar-refractivity contribution is 0.0378. The summed E-state index contributed by atoms with van der Waals surface area (Å²) in [6, 6.07) is 16.6. The van der Waals surface area contributed by atoms with Crippen molar-refractivity contribution in [3.05, 3.63) is 99.2 Å². The van der Waals surface area contributed by atoms with Crippen LogP contribution in [0.3, 0.4) is 0 Å². The van der Waals surface area contributed by atoms with Crippen molar-refractivity contribution in [2.45, 2.75) is 32.8 Å². The number of hydrogen-bond donors (Lipinski definition) is 2. The second-order valence-electron chi connectivity index (χ2n) is 9.35. The van der Waals surface area contributed by atoms with Gasteiger partial charge in [-0.25, -0.2) is 14.3 Å². The molecule has 0 aliphatic carbocycles. The van der Waals surface area contributed by atoms with Gasteiger partial charge in [0.2, 0.25) is 11.8 Å². The van der Waals surface area contributed by atoms with E-state index in [-0.39, 0.29) is 39.6 Å². The van der Waals surface area contributed by atoms with E-state index in [0.717, 1.165) is 0 Å². The van der Waals surface area contributed by atoms with Crippen LogP contribution in [0.2, 0.25) is 5.02 Å². The SMILES string of the molecule is Cc1nn(-c2cccc(C(=O)O)c2)c2c1C(c1ccc(-c3ccc(Cl)c(C(=O)OC(C)C)c3)o1)C(C#N)=C(N)O2. The average Bonchev–Trinajstić information content (AvgIpc) is 3.53. The van der Waals surface area contributed by atoms with Gasteiger partial charge in [-0.1, -0.05) is 17.7 Å². The number of carboxylic acid groups (broad SMARTS) is 1. The van der Waals surface area contributed by atoms with E-state index in [1.54, 1.807) is 63.2 Å². The molecule has 2 aromatic heterocycles. The van der Waals surface area contributed by atoms with Crippen molar-refractivity contribution < 1.29 is 28.6 Å². The molecule has 3 heterocycles. The number of ether oxygens (including phenoxy) is 2. The molecule has 10 nitrogen and oxygen atoms in total. The molecule has 0 saturated heterocycles. The molecule has 0 radical (unpaired) electrons. The number of furan rings is 1. The highest BCUT2D eigenvalue weighted by molar-refractivity contribution is 6.33. The van der Waals surface area contributed by atoms with Crippen molar-refractivity contribution in [3.8, 4) is 29.0 Å². The number of aromatic carboxylic acids is 1. The van der Waals surface area contributed by atoms with Crippen molar-refractivity contribution in [1.29, 1.82) is 5.26 Å². The molecule has 0 fully saturated rings. The van der Waals surface area contributed by atoms with E-state index >= 15 is 0 Å². The van der Waals surface area contributed by atoms with Crippen LogP contribution in [0.1, 0.15) is 57.5 Å². The minimum atomic E-state index is -1.09. The first-order chi connectivity index (χ1) is 19.1. The van der Waals surface area contributed by atoms with Crippen LogP contribution in [0, 0.1) is 18.3 Å². The van der Waals surface area contributed by atoms with Crippen LogP contribution in [0.4, 0.5) is 0 Å². The Morgan fingerprint density at radius 1 is 1.20 bits per heavy atom. The zero-order valence-corrected chi connectivity index (χ0v) is 22.4. The maximum atomic E-state index is 12.5. The smallest absolute Gasteiger partial charge is 0.339 e. The maximum absolute atomic E-state index is 12.5. The molecular weight excluding hydrogens is 536 g/mol. The van der Waals surface area contributed by atoms with Gasteiger partial charge in [-0.15, -0.1) is 0 Å². The highest BCUT2D eigenvalue weighted by atomic mass is 35.5. The van der Waals surface area contributed by atoms with Crippen molar-refractivity contribution in [2.24, 2.45) is 5.73 Å². The second kappa shape index (κ2) is 10.3. The number of carbonyl (C=O) groups excluding carboxylic acids is 1. The fraction of sp³-hybridized carbons (Fsp3) is 0.172. The fourth-order valence-electron chi connectivity index (χ4n) is 4.52. The van der Waals surface area contributed by atoms with Gasteiger partial charge in [0.05, 0.1) is 45.1 Å². The molecule has 202 valence electrons. The van der Waals surface area contributed by atoms with Crippen molar-refractivity contribution in [2.75, 3.05) is 0 Å². The monoisotopic (exact) mass is 558 g/mol. The molecule has 1 aliphatic heterocycles. The van der Waals surface area contributed by atoms with Gasteiger partial charge in [-0.3, -0.25) is 0 Å². The van der Waals surface area contributed by atoms with Crippen molar-refractivity contribution >= 4 is 23.5 Å². The molecule has 1 atom stereocenters. The molecule has 11 heteroatoms. The fourth-order valence-corrected chi connectivity index (χ4v) is 4.71. The molecule has 0 amide bonds. The molecule has 0 spiro atoms. The van der Waals surface area contributed by atoms with Crippen LogP contribution >= 0.6 is 11.6 Å². The Morgan fingerprint density at radius 2 is 1.98 bits per heavy atom. The Labute approximate surface area is 233 Å². The lowest BCUT2D eigenvalue weighted by Crippen LogP contribution is -2.21. The molecule has 4 aromatic rings. The van der Waals surface area contributed by atoms with Gasteiger partial charge in [0.25, 0.3) is 0 Å². The number of carbonyl (C=O) groups is 2. The summed E-state index contributed by atoms with van der Waals surface area (Å²) >= 11 is 6.25. The number of carboxylic acids is 1. The first-order valence-corrected chi connectivity index (χ1v) is 12.6. The Kier molecular flexibility index (Phi) is 6.83. The van der Waals surface area contributed by atoms with Crippen LogP contribution in [0.25, 0.3) is 17.0 Å². The molecule has 0 bridgehead atoms. The zero-order chi connectivity index (χ0) is 28.7. The molecule has 5 rings (SSSR count). The first-order valence-electron chi connectivity index (χ1n) is 12.2. The standard InChI is InChI=1S/C29H23ClN4O6/c1-14(2)38-29(37)19-12-16(7-8-21(19)30)22-9-10-23(39-22)25-20(13-31)26(32)40-27-24(25)15(3)33-34(27)18-6-4-5-17(11-18)28(35)36/h4-12,14,25H,32H2,1-3H3,(H,35,36). The van der Waals surface area contributed by atoms with E-state index in [1.165, 1.54) is 16.8 Å². The van der Waals surface area contributed by atoms with Gasteiger partial charge in [0, 0.05) is 5.56 Å². The first kappa shape index (κ1) is 26.6. The summed E-state index contributed by atoms with van der Waals surface area (Å²) in [6.07, 6.45) is -0.317. The molecule has 40 heavy (non-hydrogen) atoms. The number of rotatable bonds is 6. The van der Waals surface area contributed by atoms with E-state index in [4.69, 9.17) is 31.2 Å². The van der Waals surface area contributed by atoms with Crippen molar-refractivity contribution in [3.63, 3.8) is 0 Å². The predicted octanol–water partition coefficient (Wildman–Crippen LogP) is 5.58. The summed E-state index contributed by atoms with van der Waals surface area (Å²) < 4.78 is 18.8. The zero-order valence-electron chi connectivity index (χ0n) is 21.6. The third kappa shape index (κ3) is 4.67. The van der Waals surface area contributed by atoms with Crippen LogP contribution < -0.4 is 10.5 Å². The normalized spacial score (nSPS) is 14.4. The van der Waals surface area contributed by atoms with E-state index in [1.807, 2.05) is 0 Å². The van der Waals surface area contributed by atoms with E-state index < -0.39 is 17.9 Å². The van der Waals surface area contributed by atoms with E-state index in [0.29, 0.717) is 34.0 Å². The topological polar surface area (TPSA) is 154 Å². The average molecular weight is 559 g/mol. The van der Waals surface area contributed by atoms with Gasteiger partial charge in [-0.2, -0.15) is 10.4 Å². The molecule has 3 N–H and O–H groups in total.